The van der Waals surface area contributed by atoms with E-state index in [4.69, 9.17) is 9.47 Å². The lowest BCUT2D eigenvalue weighted by Crippen LogP contribution is -2.21. The second-order valence-corrected chi connectivity index (χ2v) is 3.92. The molecule has 1 atom stereocenters. The molecule has 3 nitrogen and oxygen atoms in total. The van der Waals surface area contributed by atoms with Gasteiger partial charge in [0, 0.05) is 6.04 Å². The van der Waals surface area contributed by atoms with Gasteiger partial charge in [-0.05, 0) is 44.5 Å². The Balaban J connectivity index is 2.67. The lowest BCUT2D eigenvalue weighted by atomic mass is 10.1. The monoisotopic (exact) mass is 223 g/mol. The summed E-state index contributed by atoms with van der Waals surface area (Å²) in [5, 5.41) is 3.23. The van der Waals surface area contributed by atoms with Gasteiger partial charge in [0.1, 0.15) is 0 Å². The zero-order valence-electron chi connectivity index (χ0n) is 10.5. The van der Waals surface area contributed by atoms with Crippen molar-refractivity contribution in [1.29, 1.82) is 0 Å². The van der Waals surface area contributed by atoms with Gasteiger partial charge in [-0.15, -0.1) is 0 Å². The summed E-state index contributed by atoms with van der Waals surface area (Å²) in [5.41, 5.74) is 1.28. The number of ether oxygens (including phenoxy) is 2. The van der Waals surface area contributed by atoms with Gasteiger partial charge in [0.05, 0.1) is 14.2 Å². The Morgan fingerprint density at radius 1 is 1.19 bits per heavy atom. The maximum atomic E-state index is 5.27. The highest BCUT2D eigenvalue weighted by Crippen LogP contribution is 2.27. The van der Waals surface area contributed by atoms with Crippen molar-refractivity contribution in [2.24, 2.45) is 0 Å². The third-order valence-corrected chi connectivity index (χ3v) is 2.81. The minimum absolute atomic E-state index is 0.535. The van der Waals surface area contributed by atoms with Crippen molar-refractivity contribution in [2.45, 2.75) is 25.8 Å². The van der Waals surface area contributed by atoms with Crippen molar-refractivity contribution in [1.82, 2.24) is 5.32 Å². The molecule has 1 rings (SSSR count). The fourth-order valence-electron chi connectivity index (χ4n) is 1.56. The molecule has 1 unspecified atom stereocenters. The van der Waals surface area contributed by atoms with Crippen LogP contribution in [0.1, 0.15) is 18.9 Å². The van der Waals surface area contributed by atoms with Gasteiger partial charge in [0.25, 0.3) is 0 Å². The Hall–Kier alpha value is -1.22. The van der Waals surface area contributed by atoms with Crippen LogP contribution in [0.3, 0.4) is 0 Å². The molecule has 16 heavy (non-hydrogen) atoms. The Bertz CT molecular complexity index is 326. The largest absolute Gasteiger partial charge is 0.493 e. The van der Waals surface area contributed by atoms with E-state index in [2.05, 4.69) is 18.3 Å². The van der Waals surface area contributed by atoms with E-state index >= 15 is 0 Å². The third-order valence-electron chi connectivity index (χ3n) is 2.81. The van der Waals surface area contributed by atoms with Gasteiger partial charge in [-0.25, -0.2) is 0 Å². The fraction of sp³-hybridized carbons (Fsp3) is 0.538. The van der Waals surface area contributed by atoms with Gasteiger partial charge in [0.2, 0.25) is 0 Å². The maximum Gasteiger partial charge on any atom is 0.160 e. The first-order valence-electron chi connectivity index (χ1n) is 5.59. The molecule has 0 bridgehead atoms. The fourth-order valence-corrected chi connectivity index (χ4v) is 1.56. The molecule has 0 fully saturated rings. The summed E-state index contributed by atoms with van der Waals surface area (Å²) in [5.74, 6) is 1.59. The molecule has 3 heteroatoms. The van der Waals surface area contributed by atoms with Crippen LogP contribution in [0.15, 0.2) is 18.2 Å². The van der Waals surface area contributed by atoms with Crippen LogP contribution < -0.4 is 14.8 Å². The highest BCUT2D eigenvalue weighted by molar-refractivity contribution is 5.42. The molecule has 0 heterocycles. The molecule has 0 amide bonds. The van der Waals surface area contributed by atoms with E-state index in [1.807, 2.05) is 19.2 Å². The molecule has 0 aliphatic carbocycles. The molecule has 90 valence electrons. The number of hydrogen-bond donors (Lipinski definition) is 1. The average Bonchev–Trinajstić information content (AvgIpc) is 2.35. The molecule has 1 N–H and O–H groups in total. The zero-order chi connectivity index (χ0) is 12.0. The van der Waals surface area contributed by atoms with Gasteiger partial charge < -0.3 is 14.8 Å². The predicted molar refractivity (Wildman–Crippen MR) is 66.4 cm³/mol. The smallest absolute Gasteiger partial charge is 0.160 e. The van der Waals surface area contributed by atoms with Crippen molar-refractivity contribution >= 4 is 0 Å². The van der Waals surface area contributed by atoms with Crippen molar-refractivity contribution in [2.75, 3.05) is 21.3 Å². The Labute approximate surface area is 97.8 Å². The number of nitrogens with one attached hydrogen (secondary N) is 1. The molecule has 1 aromatic rings. The molecule has 0 saturated heterocycles. The second-order valence-electron chi connectivity index (χ2n) is 3.92. The Kier molecular flexibility index (Phi) is 5.12. The van der Waals surface area contributed by atoms with Gasteiger partial charge in [-0.2, -0.15) is 0 Å². The van der Waals surface area contributed by atoms with E-state index in [1.54, 1.807) is 14.2 Å². The quantitative estimate of drug-likeness (QED) is 0.802. The molecule has 0 radical (unpaired) electrons. The van der Waals surface area contributed by atoms with Crippen LogP contribution in [-0.4, -0.2) is 27.3 Å². The minimum atomic E-state index is 0.535. The zero-order valence-corrected chi connectivity index (χ0v) is 10.5. The van der Waals surface area contributed by atoms with E-state index in [0.29, 0.717) is 6.04 Å². The van der Waals surface area contributed by atoms with E-state index in [9.17, 15) is 0 Å². The van der Waals surface area contributed by atoms with Gasteiger partial charge in [0.15, 0.2) is 11.5 Å². The lowest BCUT2D eigenvalue weighted by molar-refractivity contribution is 0.354. The molecule has 0 spiro atoms. The summed E-state index contributed by atoms with van der Waals surface area (Å²) in [6.07, 6.45) is 2.16. The third kappa shape index (κ3) is 3.42. The summed E-state index contributed by atoms with van der Waals surface area (Å²) < 4.78 is 10.5. The van der Waals surface area contributed by atoms with E-state index in [1.165, 1.54) is 5.56 Å². The highest BCUT2D eigenvalue weighted by Gasteiger charge is 2.05. The van der Waals surface area contributed by atoms with Crippen LogP contribution in [0.4, 0.5) is 0 Å². The molecular weight excluding hydrogens is 202 g/mol. The van der Waals surface area contributed by atoms with Crippen molar-refractivity contribution < 1.29 is 9.47 Å². The van der Waals surface area contributed by atoms with E-state index < -0.39 is 0 Å². The topological polar surface area (TPSA) is 30.5 Å². The van der Waals surface area contributed by atoms with Crippen molar-refractivity contribution in [3.8, 4) is 11.5 Å². The predicted octanol–water partition coefficient (Wildman–Crippen LogP) is 2.24. The van der Waals surface area contributed by atoms with Crippen LogP contribution in [0.5, 0.6) is 11.5 Å². The van der Waals surface area contributed by atoms with E-state index in [0.717, 1.165) is 24.3 Å². The first kappa shape index (κ1) is 12.8. The van der Waals surface area contributed by atoms with Gasteiger partial charge in [-0.3, -0.25) is 0 Å². The molecular formula is C13H21NO2. The summed E-state index contributed by atoms with van der Waals surface area (Å²) in [4.78, 5) is 0. The molecule has 0 aromatic heterocycles. The Morgan fingerprint density at radius 2 is 1.88 bits per heavy atom. The second kappa shape index (κ2) is 6.38. The van der Waals surface area contributed by atoms with Crippen LogP contribution in [0.25, 0.3) is 0 Å². The van der Waals surface area contributed by atoms with Crippen molar-refractivity contribution in [3.05, 3.63) is 23.8 Å². The van der Waals surface area contributed by atoms with Crippen molar-refractivity contribution in [3.63, 3.8) is 0 Å². The lowest BCUT2D eigenvalue weighted by Gasteiger charge is -2.12. The summed E-state index contributed by atoms with van der Waals surface area (Å²) >= 11 is 0. The summed E-state index contributed by atoms with van der Waals surface area (Å²) in [7, 11) is 5.30. The van der Waals surface area contributed by atoms with Crippen LogP contribution in [-0.2, 0) is 6.42 Å². The first-order chi connectivity index (χ1) is 7.71. The summed E-state index contributed by atoms with van der Waals surface area (Å²) in [6.45, 7) is 2.18. The van der Waals surface area contributed by atoms with Crippen LogP contribution >= 0.6 is 0 Å². The highest BCUT2D eigenvalue weighted by atomic mass is 16.5. The number of rotatable bonds is 6. The molecule has 0 aliphatic rings. The van der Waals surface area contributed by atoms with Crippen LogP contribution in [0, 0.1) is 0 Å². The molecule has 0 saturated carbocycles. The molecule has 1 aromatic carbocycles. The number of methoxy groups -OCH3 is 2. The standard InChI is InChI=1S/C13H21NO2/c1-10(14-2)5-6-11-7-8-12(15-3)13(9-11)16-4/h7-10,14H,5-6H2,1-4H3. The number of benzene rings is 1. The maximum absolute atomic E-state index is 5.27. The van der Waals surface area contributed by atoms with Gasteiger partial charge in [-0.1, -0.05) is 6.07 Å². The number of aryl methyl sites for hydroxylation is 1. The van der Waals surface area contributed by atoms with Crippen LogP contribution in [0.2, 0.25) is 0 Å². The first-order valence-corrected chi connectivity index (χ1v) is 5.59. The number of hydrogen-bond acceptors (Lipinski definition) is 3. The molecule has 0 aliphatic heterocycles. The van der Waals surface area contributed by atoms with Gasteiger partial charge >= 0.3 is 0 Å². The SMILES string of the molecule is CNC(C)CCc1ccc(OC)c(OC)c1. The Morgan fingerprint density at radius 3 is 2.44 bits per heavy atom. The van der Waals surface area contributed by atoms with E-state index in [-0.39, 0.29) is 0 Å². The normalized spacial score (nSPS) is 12.2. The average molecular weight is 223 g/mol. The minimum Gasteiger partial charge on any atom is -0.493 e. The summed E-state index contributed by atoms with van der Waals surface area (Å²) in [6, 6.07) is 6.62.